The summed E-state index contributed by atoms with van der Waals surface area (Å²) in [6.45, 7) is 1.81. The molecule has 0 saturated carbocycles. The quantitative estimate of drug-likeness (QED) is 0.909. The van der Waals surface area contributed by atoms with Crippen molar-refractivity contribution < 1.29 is 13.9 Å². The summed E-state index contributed by atoms with van der Waals surface area (Å²) in [6, 6.07) is 10.8. The molecule has 3 rings (SSSR count). The van der Waals surface area contributed by atoms with Gasteiger partial charge in [0.25, 0.3) is 0 Å². The number of halogens is 2. The number of benzene rings is 2. The molecule has 2 aromatic rings. The van der Waals surface area contributed by atoms with E-state index in [9.17, 15) is 13.9 Å². The van der Waals surface area contributed by atoms with Crippen LogP contribution in [0.4, 0.5) is 8.78 Å². The van der Waals surface area contributed by atoms with Crippen LogP contribution in [0.2, 0.25) is 0 Å². The fourth-order valence-electron chi connectivity index (χ4n) is 2.99. The molecule has 2 N–H and O–H groups in total. The second-order valence-corrected chi connectivity index (χ2v) is 5.51. The molecule has 0 heterocycles. The molecule has 1 aliphatic carbocycles. The maximum atomic E-state index is 13.8. The lowest BCUT2D eigenvalue weighted by molar-refractivity contribution is 0.136. The summed E-state index contributed by atoms with van der Waals surface area (Å²) in [5, 5.41) is 13.6. The number of nitrogens with one attached hydrogen (secondary N) is 1. The van der Waals surface area contributed by atoms with E-state index in [0.717, 1.165) is 17.2 Å². The summed E-state index contributed by atoms with van der Waals surface area (Å²) in [7, 11) is 0. The van der Waals surface area contributed by atoms with Crippen molar-refractivity contribution in [2.45, 2.75) is 31.5 Å². The first-order valence-corrected chi connectivity index (χ1v) is 7.03. The minimum atomic E-state index is -0.604. The predicted molar refractivity (Wildman–Crippen MR) is 76.8 cm³/mol. The highest BCUT2D eigenvalue weighted by Crippen LogP contribution is 2.32. The van der Waals surface area contributed by atoms with Crippen LogP contribution < -0.4 is 5.32 Å². The molecule has 21 heavy (non-hydrogen) atoms. The van der Waals surface area contributed by atoms with Crippen LogP contribution in [0.5, 0.6) is 0 Å². The van der Waals surface area contributed by atoms with Gasteiger partial charge in [0.2, 0.25) is 0 Å². The molecule has 1 aliphatic rings. The zero-order valence-corrected chi connectivity index (χ0v) is 11.7. The summed E-state index contributed by atoms with van der Waals surface area (Å²) >= 11 is 0. The summed E-state index contributed by atoms with van der Waals surface area (Å²) in [4.78, 5) is 0. The average molecular weight is 289 g/mol. The van der Waals surface area contributed by atoms with Gasteiger partial charge in [0, 0.05) is 23.7 Å². The maximum absolute atomic E-state index is 13.8. The van der Waals surface area contributed by atoms with Crippen molar-refractivity contribution in [1.82, 2.24) is 5.32 Å². The van der Waals surface area contributed by atoms with Gasteiger partial charge in [-0.2, -0.15) is 0 Å². The third-order valence-corrected chi connectivity index (χ3v) is 4.09. The van der Waals surface area contributed by atoms with Crippen LogP contribution >= 0.6 is 0 Å². The molecule has 110 valence electrons. The highest BCUT2D eigenvalue weighted by atomic mass is 19.1. The van der Waals surface area contributed by atoms with Gasteiger partial charge in [-0.3, -0.25) is 0 Å². The van der Waals surface area contributed by atoms with Crippen LogP contribution in [0.15, 0.2) is 42.5 Å². The summed E-state index contributed by atoms with van der Waals surface area (Å²) in [5.41, 5.74) is 2.43. The summed E-state index contributed by atoms with van der Waals surface area (Å²) < 4.78 is 26.7. The van der Waals surface area contributed by atoms with Gasteiger partial charge in [0.1, 0.15) is 11.6 Å². The van der Waals surface area contributed by atoms with Crippen molar-refractivity contribution in [3.8, 4) is 0 Å². The molecule has 3 unspecified atom stereocenters. The Morgan fingerprint density at radius 3 is 2.67 bits per heavy atom. The first-order chi connectivity index (χ1) is 10.1. The van der Waals surface area contributed by atoms with Gasteiger partial charge in [0.15, 0.2) is 0 Å². The SMILES string of the molecule is CC(NC1Cc2ccccc2C1O)c1ccc(F)cc1F. The van der Waals surface area contributed by atoms with E-state index in [1.54, 1.807) is 0 Å². The van der Waals surface area contributed by atoms with Crippen molar-refractivity contribution in [1.29, 1.82) is 0 Å². The number of aliphatic hydroxyl groups is 1. The van der Waals surface area contributed by atoms with E-state index in [0.29, 0.717) is 12.0 Å². The van der Waals surface area contributed by atoms with Crippen molar-refractivity contribution in [3.05, 3.63) is 70.8 Å². The number of hydrogen-bond donors (Lipinski definition) is 2. The van der Waals surface area contributed by atoms with Gasteiger partial charge < -0.3 is 10.4 Å². The minimum absolute atomic E-state index is 0.165. The molecule has 0 radical (unpaired) electrons. The summed E-state index contributed by atoms with van der Waals surface area (Å²) in [6.07, 6.45) is 0.0944. The third-order valence-electron chi connectivity index (χ3n) is 4.09. The fraction of sp³-hybridized carbons (Fsp3) is 0.294. The fourth-order valence-corrected chi connectivity index (χ4v) is 2.99. The van der Waals surface area contributed by atoms with Gasteiger partial charge in [-0.05, 0) is 30.5 Å². The topological polar surface area (TPSA) is 32.3 Å². The van der Waals surface area contributed by atoms with Gasteiger partial charge in [0.05, 0.1) is 6.10 Å². The Hall–Kier alpha value is -1.78. The highest BCUT2D eigenvalue weighted by Gasteiger charge is 2.31. The molecule has 0 aliphatic heterocycles. The number of rotatable bonds is 3. The molecule has 2 aromatic carbocycles. The van der Waals surface area contributed by atoms with Crippen LogP contribution in [0, 0.1) is 11.6 Å². The lowest BCUT2D eigenvalue weighted by Crippen LogP contribution is -2.35. The van der Waals surface area contributed by atoms with E-state index >= 15 is 0 Å². The Bertz CT molecular complexity index is 659. The Kier molecular flexibility index (Phi) is 3.74. The average Bonchev–Trinajstić information content (AvgIpc) is 2.76. The van der Waals surface area contributed by atoms with Crippen molar-refractivity contribution in [3.63, 3.8) is 0 Å². The number of fused-ring (bicyclic) bond motifs is 1. The Labute approximate surface area is 122 Å². The van der Waals surface area contributed by atoms with Crippen molar-refractivity contribution >= 4 is 0 Å². The van der Waals surface area contributed by atoms with E-state index in [1.165, 1.54) is 12.1 Å². The van der Waals surface area contributed by atoms with Gasteiger partial charge in [-0.15, -0.1) is 0 Å². The predicted octanol–water partition coefficient (Wildman–Crippen LogP) is 3.27. The molecule has 0 aromatic heterocycles. The third kappa shape index (κ3) is 2.69. The largest absolute Gasteiger partial charge is 0.387 e. The van der Waals surface area contributed by atoms with Gasteiger partial charge in [-0.25, -0.2) is 8.78 Å². The minimum Gasteiger partial charge on any atom is -0.387 e. The zero-order valence-electron chi connectivity index (χ0n) is 11.7. The smallest absolute Gasteiger partial charge is 0.130 e. The van der Waals surface area contributed by atoms with Gasteiger partial charge in [-0.1, -0.05) is 30.3 Å². The first-order valence-electron chi connectivity index (χ1n) is 7.03. The molecule has 4 heteroatoms. The Morgan fingerprint density at radius 2 is 1.95 bits per heavy atom. The van der Waals surface area contributed by atoms with Crippen LogP contribution in [-0.4, -0.2) is 11.1 Å². The number of aliphatic hydroxyl groups excluding tert-OH is 1. The van der Waals surface area contributed by atoms with E-state index in [1.807, 2.05) is 31.2 Å². The zero-order chi connectivity index (χ0) is 15.0. The molecule has 0 bridgehead atoms. The van der Waals surface area contributed by atoms with Crippen LogP contribution in [0.3, 0.4) is 0 Å². The molecule has 3 atom stereocenters. The molecule has 0 fully saturated rings. The molecule has 0 amide bonds. The highest BCUT2D eigenvalue weighted by molar-refractivity contribution is 5.36. The summed E-state index contributed by atoms with van der Waals surface area (Å²) in [5.74, 6) is -1.16. The first kappa shape index (κ1) is 14.2. The maximum Gasteiger partial charge on any atom is 0.130 e. The molecular weight excluding hydrogens is 272 g/mol. The lowest BCUT2D eigenvalue weighted by atomic mass is 10.0. The van der Waals surface area contributed by atoms with E-state index in [-0.39, 0.29) is 12.1 Å². The van der Waals surface area contributed by atoms with Crippen LogP contribution in [-0.2, 0) is 6.42 Å². The van der Waals surface area contributed by atoms with E-state index < -0.39 is 17.7 Å². The Morgan fingerprint density at radius 1 is 1.19 bits per heavy atom. The second kappa shape index (κ2) is 5.54. The van der Waals surface area contributed by atoms with Crippen LogP contribution in [0.25, 0.3) is 0 Å². The standard InChI is InChI=1S/C17H17F2NO/c1-10(13-7-6-12(18)9-15(13)19)20-16-8-11-4-2-3-5-14(11)17(16)21/h2-7,9-10,16-17,20-21H,8H2,1H3. The Balaban J connectivity index is 1.76. The lowest BCUT2D eigenvalue weighted by Gasteiger charge is -2.23. The van der Waals surface area contributed by atoms with Crippen LogP contribution in [0.1, 0.15) is 35.8 Å². The molecular formula is C17H17F2NO. The molecule has 0 saturated heterocycles. The second-order valence-electron chi connectivity index (χ2n) is 5.51. The number of hydrogen-bond acceptors (Lipinski definition) is 2. The van der Waals surface area contributed by atoms with Gasteiger partial charge >= 0.3 is 0 Å². The van der Waals surface area contributed by atoms with Crippen molar-refractivity contribution in [2.75, 3.05) is 0 Å². The van der Waals surface area contributed by atoms with Crippen molar-refractivity contribution in [2.24, 2.45) is 0 Å². The monoisotopic (exact) mass is 289 g/mol. The molecule has 2 nitrogen and oxygen atoms in total. The van der Waals surface area contributed by atoms with E-state index in [2.05, 4.69) is 5.32 Å². The normalized spacial score (nSPS) is 22.1. The van der Waals surface area contributed by atoms with E-state index in [4.69, 9.17) is 0 Å². The molecule has 0 spiro atoms.